The first kappa shape index (κ1) is 55.0. The van der Waals surface area contributed by atoms with E-state index in [0.717, 1.165) is 55.6 Å². The Morgan fingerprint density at radius 2 is 0.645 bits per heavy atom. The van der Waals surface area contributed by atoms with Gasteiger partial charge in [0.1, 0.15) is 12.3 Å². The molecular weight excluding hydrogens is 979 g/mol. The minimum Gasteiger partial charge on any atom is -0.287 e. The summed E-state index contributed by atoms with van der Waals surface area (Å²) < 4.78 is 69.7. The first-order valence-corrected chi connectivity index (χ1v) is 30.2. The molecule has 0 saturated carbocycles. The third-order valence-corrected chi connectivity index (χ3v) is 19.5. The standard InChI is InChI=1S/C65H77N5O4S2/c1-40(2)50-36-52(42(5)6)62(53(37-50)43(7)8)75(71,72)69-60(48-30-21-15-22-31-48)58(46-26-17-13-18-27-46)67-64(69)56-34-25-35-57(66-56)65-68-59(47-28-19-14-20-29-47)61(49-32-23-16-24-33-49)70(65)76(73,74)63-54(44(9)10)38-51(41(3)4)39-55(63)45(11)12/h13-45,58-61,64-65,67-68H,1-12H3/t58-,59-,60-,61-,64?,65?/m1/s1. The number of pyridine rings is 1. The highest BCUT2D eigenvalue weighted by Gasteiger charge is 2.54. The molecule has 0 amide bonds. The normalized spacial score (nSPS) is 20.8. The fourth-order valence-electron chi connectivity index (χ4n) is 11.5. The van der Waals surface area contributed by atoms with Crippen molar-refractivity contribution in [3.05, 3.63) is 231 Å². The highest BCUT2D eigenvalue weighted by molar-refractivity contribution is 7.89. The molecule has 1 aromatic heterocycles. The van der Waals surface area contributed by atoms with Gasteiger partial charge in [0.05, 0.1) is 45.3 Å². The van der Waals surface area contributed by atoms with Crippen molar-refractivity contribution in [1.29, 1.82) is 0 Å². The van der Waals surface area contributed by atoms with E-state index in [1.54, 1.807) is 8.61 Å². The van der Waals surface area contributed by atoms with Gasteiger partial charge in [-0.15, -0.1) is 0 Å². The van der Waals surface area contributed by atoms with E-state index in [0.29, 0.717) is 21.2 Å². The van der Waals surface area contributed by atoms with Gasteiger partial charge in [-0.1, -0.05) is 235 Å². The number of aromatic nitrogens is 1. The molecule has 9 nitrogen and oxygen atoms in total. The zero-order chi connectivity index (χ0) is 54.4. The summed E-state index contributed by atoms with van der Waals surface area (Å²) in [5.74, 6) is -0.0697. The molecule has 2 saturated heterocycles. The summed E-state index contributed by atoms with van der Waals surface area (Å²) >= 11 is 0. The van der Waals surface area contributed by atoms with Crippen molar-refractivity contribution in [2.45, 2.75) is 165 Å². The van der Waals surface area contributed by atoms with Gasteiger partial charge >= 0.3 is 0 Å². The monoisotopic (exact) mass is 1060 g/mol. The molecule has 2 aliphatic heterocycles. The average molecular weight is 1060 g/mol. The van der Waals surface area contributed by atoms with Crippen molar-refractivity contribution < 1.29 is 16.8 Å². The van der Waals surface area contributed by atoms with Crippen LogP contribution in [-0.2, 0) is 20.0 Å². The van der Waals surface area contributed by atoms with Crippen molar-refractivity contribution in [3.8, 4) is 0 Å². The van der Waals surface area contributed by atoms with E-state index in [9.17, 15) is 0 Å². The highest BCUT2D eigenvalue weighted by Crippen LogP contribution is 2.53. The van der Waals surface area contributed by atoms with Crippen LogP contribution < -0.4 is 10.6 Å². The SMILES string of the molecule is CC(C)c1cc(C(C)C)c(S(=O)(=O)N2C(c3cccc(C4N[C@H](c5ccccc5)[C@@H](c5ccccc5)N4S(=O)(=O)c4c(C(C)C)cc(C(C)C)cc4C(C)C)n3)N[C@H](c3ccccc3)[C@H]2c2ccccc2)c(C(C)C)c1. The predicted molar refractivity (Wildman–Crippen MR) is 308 cm³/mol. The van der Waals surface area contributed by atoms with Gasteiger partial charge in [0, 0.05) is 0 Å². The second-order valence-electron chi connectivity index (χ2n) is 22.8. The van der Waals surface area contributed by atoms with Crippen molar-refractivity contribution in [3.63, 3.8) is 0 Å². The number of benzene rings is 6. The van der Waals surface area contributed by atoms with Gasteiger partial charge in [-0.3, -0.25) is 15.6 Å². The van der Waals surface area contributed by atoms with Crippen LogP contribution in [0.15, 0.2) is 174 Å². The smallest absolute Gasteiger partial charge is 0.245 e. The van der Waals surface area contributed by atoms with Crippen molar-refractivity contribution in [2.24, 2.45) is 0 Å². The number of rotatable bonds is 16. The Morgan fingerprint density at radius 1 is 0.368 bits per heavy atom. The second-order valence-corrected chi connectivity index (χ2v) is 26.3. The maximum atomic E-state index is 16.6. The molecule has 2 fully saturated rings. The van der Waals surface area contributed by atoms with Crippen LogP contribution in [0, 0.1) is 0 Å². The van der Waals surface area contributed by atoms with Crippen LogP contribution in [0.3, 0.4) is 0 Å². The van der Waals surface area contributed by atoms with Crippen LogP contribution in [0.2, 0.25) is 0 Å². The van der Waals surface area contributed by atoms with Crippen LogP contribution in [-0.4, -0.2) is 30.4 Å². The van der Waals surface area contributed by atoms with Crippen molar-refractivity contribution in [1.82, 2.24) is 24.2 Å². The summed E-state index contributed by atoms with van der Waals surface area (Å²) in [5.41, 5.74) is 9.73. The molecule has 76 heavy (non-hydrogen) atoms. The molecule has 0 aliphatic carbocycles. The van der Waals surface area contributed by atoms with E-state index < -0.39 is 56.5 Å². The summed E-state index contributed by atoms with van der Waals surface area (Å²) in [5, 5.41) is 7.73. The van der Waals surface area contributed by atoms with E-state index in [4.69, 9.17) is 4.98 Å². The van der Waals surface area contributed by atoms with Crippen LogP contribution in [0.1, 0.15) is 222 Å². The van der Waals surface area contributed by atoms with Gasteiger partial charge < -0.3 is 0 Å². The molecule has 398 valence electrons. The first-order chi connectivity index (χ1) is 36.2. The Morgan fingerprint density at radius 3 is 0.908 bits per heavy atom. The lowest BCUT2D eigenvalue weighted by molar-refractivity contribution is 0.303. The molecule has 3 heterocycles. The maximum Gasteiger partial charge on any atom is 0.245 e. The summed E-state index contributed by atoms with van der Waals surface area (Å²) in [6, 6.07) is 51.5. The molecule has 9 rings (SSSR count). The lowest BCUT2D eigenvalue weighted by atomic mass is 9.89. The summed E-state index contributed by atoms with van der Waals surface area (Å²) in [6.45, 7) is 25.2. The Bertz CT molecular complexity index is 3090. The molecular formula is C65H77N5O4S2. The quantitative estimate of drug-likeness (QED) is 0.0991. The fourth-order valence-corrected chi connectivity index (χ4v) is 16.3. The van der Waals surface area contributed by atoms with E-state index in [1.807, 2.05) is 140 Å². The summed E-state index contributed by atoms with van der Waals surface area (Å²) in [7, 11) is -8.77. The third-order valence-electron chi connectivity index (χ3n) is 15.5. The third kappa shape index (κ3) is 10.4. The molecule has 0 radical (unpaired) electrons. The summed E-state index contributed by atoms with van der Waals surface area (Å²) in [4.78, 5) is 6.19. The van der Waals surface area contributed by atoms with Crippen molar-refractivity contribution in [2.75, 3.05) is 0 Å². The molecule has 0 spiro atoms. The molecule has 2 unspecified atom stereocenters. The number of hydrogen-bond donors (Lipinski definition) is 2. The van der Waals surface area contributed by atoms with Gasteiger partial charge in [-0.2, -0.15) is 8.61 Å². The topological polar surface area (TPSA) is 112 Å². The zero-order valence-corrected chi connectivity index (χ0v) is 47.9. The van der Waals surface area contributed by atoms with Crippen LogP contribution in [0.5, 0.6) is 0 Å². The number of nitrogens with zero attached hydrogens (tertiary/aromatic N) is 3. The molecule has 2 aliphatic rings. The molecule has 7 aromatic rings. The fraction of sp³-hybridized carbons (Fsp3) is 0.369. The summed E-state index contributed by atoms with van der Waals surface area (Å²) in [6.07, 6.45) is -1.98. The van der Waals surface area contributed by atoms with Crippen molar-refractivity contribution >= 4 is 20.0 Å². The number of sulfonamides is 2. The molecule has 6 atom stereocenters. The van der Waals surface area contributed by atoms with Gasteiger partial charge in [0.2, 0.25) is 20.0 Å². The van der Waals surface area contributed by atoms with Gasteiger partial charge in [-0.25, -0.2) is 16.8 Å². The first-order valence-electron chi connectivity index (χ1n) is 27.3. The largest absolute Gasteiger partial charge is 0.287 e. The van der Waals surface area contributed by atoms with E-state index in [-0.39, 0.29) is 35.5 Å². The molecule has 6 aromatic carbocycles. The van der Waals surface area contributed by atoms with Gasteiger partial charge in [0.25, 0.3) is 0 Å². The molecule has 0 bridgehead atoms. The van der Waals surface area contributed by atoms with Crippen LogP contribution in [0.25, 0.3) is 0 Å². The Labute approximate surface area is 454 Å². The Hall–Kier alpha value is -5.79. The molecule has 2 N–H and O–H groups in total. The minimum atomic E-state index is -4.39. The average Bonchev–Trinajstić information content (AvgIpc) is 4.05. The Kier molecular flexibility index (Phi) is 16.1. The van der Waals surface area contributed by atoms with Crippen LogP contribution >= 0.6 is 0 Å². The van der Waals surface area contributed by atoms with Crippen LogP contribution in [0.4, 0.5) is 0 Å². The molecule has 11 heteroatoms. The van der Waals surface area contributed by atoms with E-state index in [1.165, 1.54) is 0 Å². The second kappa shape index (κ2) is 22.3. The van der Waals surface area contributed by atoms with E-state index in [2.05, 4.69) is 118 Å². The number of nitrogens with one attached hydrogen (secondary N) is 2. The minimum absolute atomic E-state index is 0.109. The van der Waals surface area contributed by atoms with Gasteiger partial charge in [0.15, 0.2) is 0 Å². The maximum absolute atomic E-state index is 16.6. The van der Waals surface area contributed by atoms with Gasteiger partial charge in [-0.05, 0) is 103 Å². The highest BCUT2D eigenvalue weighted by atomic mass is 32.2. The Balaban J connectivity index is 1.31. The lowest BCUT2D eigenvalue weighted by Gasteiger charge is -2.34. The lowest BCUT2D eigenvalue weighted by Crippen LogP contribution is -2.38. The number of hydrogen-bond acceptors (Lipinski definition) is 7. The van der Waals surface area contributed by atoms with E-state index >= 15 is 16.8 Å². The zero-order valence-electron chi connectivity index (χ0n) is 46.3. The predicted octanol–water partition coefficient (Wildman–Crippen LogP) is 15.4.